The number of ketones is 1. The van der Waals surface area contributed by atoms with Crippen molar-refractivity contribution in [1.29, 1.82) is 0 Å². The topological polar surface area (TPSA) is 85.1 Å². The number of rotatable bonds is 7. The quantitative estimate of drug-likeness (QED) is 0.424. The van der Waals surface area contributed by atoms with Crippen LogP contribution in [0.4, 0.5) is 5.69 Å². The van der Waals surface area contributed by atoms with Crippen LogP contribution >= 0.6 is 0 Å². The van der Waals surface area contributed by atoms with Crippen molar-refractivity contribution in [3.05, 3.63) is 90.3 Å². The number of amides is 1. The standard InChI is InChI=1S/C25H21N3O3/c1-17(29)21-8-5-9-22(16-21)26-23(30)14-15-24-27-25(28-31-24)20-12-10-19(11-13-20)18-6-3-2-4-7-18/h2-13,16H,14-15H2,1H3,(H,26,30). The summed E-state index contributed by atoms with van der Waals surface area (Å²) in [6.45, 7) is 1.49. The fourth-order valence-corrected chi connectivity index (χ4v) is 3.18. The van der Waals surface area contributed by atoms with Crippen molar-refractivity contribution < 1.29 is 14.1 Å². The molecule has 3 aromatic carbocycles. The average Bonchev–Trinajstić information content (AvgIpc) is 3.28. The van der Waals surface area contributed by atoms with Gasteiger partial charge in [0.15, 0.2) is 5.78 Å². The second-order valence-electron chi connectivity index (χ2n) is 7.14. The predicted molar refractivity (Wildman–Crippen MR) is 119 cm³/mol. The molecule has 0 spiro atoms. The predicted octanol–water partition coefficient (Wildman–Crippen LogP) is 5.18. The van der Waals surface area contributed by atoms with E-state index in [9.17, 15) is 9.59 Å². The molecule has 0 fully saturated rings. The molecule has 0 saturated carbocycles. The molecule has 0 radical (unpaired) electrons. The lowest BCUT2D eigenvalue weighted by Crippen LogP contribution is -2.12. The van der Waals surface area contributed by atoms with E-state index in [1.165, 1.54) is 6.92 Å². The molecule has 0 saturated heterocycles. The van der Waals surface area contributed by atoms with Gasteiger partial charge < -0.3 is 9.84 Å². The number of hydrogen-bond donors (Lipinski definition) is 1. The highest BCUT2D eigenvalue weighted by atomic mass is 16.5. The Morgan fingerprint density at radius 3 is 2.32 bits per heavy atom. The molecule has 0 bridgehead atoms. The lowest BCUT2D eigenvalue weighted by molar-refractivity contribution is -0.116. The lowest BCUT2D eigenvalue weighted by atomic mass is 10.0. The molecular weight excluding hydrogens is 390 g/mol. The van der Waals surface area contributed by atoms with Crippen LogP contribution in [0.3, 0.4) is 0 Å². The van der Waals surface area contributed by atoms with E-state index in [2.05, 4.69) is 27.6 Å². The van der Waals surface area contributed by atoms with Crippen LogP contribution < -0.4 is 5.32 Å². The minimum absolute atomic E-state index is 0.0497. The molecule has 0 unspecified atom stereocenters. The molecule has 4 rings (SSSR count). The number of nitrogens with one attached hydrogen (secondary N) is 1. The van der Waals surface area contributed by atoms with Crippen LogP contribution in [0.5, 0.6) is 0 Å². The highest BCUT2D eigenvalue weighted by Crippen LogP contribution is 2.23. The van der Waals surface area contributed by atoms with Gasteiger partial charge in [0.2, 0.25) is 17.6 Å². The first-order valence-corrected chi connectivity index (χ1v) is 9.98. The molecule has 4 aromatic rings. The number of aromatic nitrogens is 2. The number of carbonyl (C=O) groups is 2. The zero-order valence-electron chi connectivity index (χ0n) is 17.0. The Morgan fingerprint density at radius 1 is 0.871 bits per heavy atom. The summed E-state index contributed by atoms with van der Waals surface area (Å²) in [5, 5.41) is 6.81. The van der Waals surface area contributed by atoms with Gasteiger partial charge in [0, 0.05) is 29.7 Å². The third-order valence-corrected chi connectivity index (χ3v) is 4.84. The molecule has 6 nitrogen and oxygen atoms in total. The lowest BCUT2D eigenvalue weighted by Gasteiger charge is -2.05. The van der Waals surface area contributed by atoms with Crippen LogP contribution in [-0.2, 0) is 11.2 Å². The first-order valence-electron chi connectivity index (χ1n) is 9.98. The third kappa shape index (κ3) is 5.11. The first kappa shape index (κ1) is 20.2. The average molecular weight is 411 g/mol. The number of anilines is 1. The fourth-order valence-electron chi connectivity index (χ4n) is 3.18. The Kier molecular flexibility index (Phi) is 5.98. The van der Waals surface area contributed by atoms with Crippen molar-refractivity contribution in [3.63, 3.8) is 0 Å². The summed E-state index contributed by atoms with van der Waals surface area (Å²) < 4.78 is 5.30. The third-order valence-electron chi connectivity index (χ3n) is 4.84. The maximum atomic E-state index is 12.2. The summed E-state index contributed by atoms with van der Waals surface area (Å²) in [7, 11) is 0. The van der Waals surface area contributed by atoms with E-state index in [1.54, 1.807) is 24.3 Å². The fraction of sp³-hybridized carbons (Fsp3) is 0.120. The number of hydrogen-bond acceptors (Lipinski definition) is 5. The smallest absolute Gasteiger partial charge is 0.227 e. The van der Waals surface area contributed by atoms with Crippen LogP contribution in [0.25, 0.3) is 22.5 Å². The van der Waals surface area contributed by atoms with Gasteiger partial charge in [-0.1, -0.05) is 71.9 Å². The van der Waals surface area contributed by atoms with Crippen molar-refractivity contribution in [1.82, 2.24) is 10.1 Å². The summed E-state index contributed by atoms with van der Waals surface area (Å²) in [5.74, 6) is 0.651. The van der Waals surface area contributed by atoms with E-state index in [0.717, 1.165) is 16.7 Å². The molecule has 6 heteroatoms. The number of Topliss-reactive ketones (excluding diaryl/α,β-unsaturated/α-hetero) is 1. The molecule has 154 valence electrons. The number of aryl methyl sites for hydroxylation is 1. The summed E-state index contributed by atoms with van der Waals surface area (Å²) in [4.78, 5) is 28.1. The maximum absolute atomic E-state index is 12.2. The highest BCUT2D eigenvalue weighted by molar-refractivity contribution is 5.97. The minimum atomic E-state index is -0.187. The second-order valence-corrected chi connectivity index (χ2v) is 7.14. The van der Waals surface area contributed by atoms with E-state index < -0.39 is 0 Å². The van der Waals surface area contributed by atoms with Gasteiger partial charge in [0.25, 0.3) is 0 Å². The number of carbonyl (C=O) groups excluding carboxylic acids is 2. The molecule has 1 heterocycles. The number of nitrogens with zero attached hydrogens (tertiary/aromatic N) is 2. The summed E-state index contributed by atoms with van der Waals surface area (Å²) in [6, 6.07) is 24.9. The zero-order valence-corrected chi connectivity index (χ0v) is 17.0. The number of benzene rings is 3. The second kappa shape index (κ2) is 9.17. The zero-order chi connectivity index (χ0) is 21.6. The van der Waals surface area contributed by atoms with E-state index in [4.69, 9.17) is 4.52 Å². The Bertz CT molecular complexity index is 1200. The van der Waals surface area contributed by atoms with Gasteiger partial charge in [0.1, 0.15) is 0 Å². The van der Waals surface area contributed by atoms with Crippen molar-refractivity contribution in [3.8, 4) is 22.5 Å². The molecule has 0 aliphatic rings. The summed E-state index contributed by atoms with van der Waals surface area (Å²) in [6.07, 6.45) is 0.520. The molecule has 0 atom stereocenters. The molecule has 0 aliphatic carbocycles. The van der Waals surface area contributed by atoms with Gasteiger partial charge in [-0.05, 0) is 30.2 Å². The monoisotopic (exact) mass is 411 g/mol. The molecule has 1 aromatic heterocycles. The van der Waals surface area contributed by atoms with Gasteiger partial charge in [-0.25, -0.2) is 0 Å². The molecule has 1 N–H and O–H groups in total. The van der Waals surface area contributed by atoms with Crippen molar-refractivity contribution >= 4 is 17.4 Å². The van der Waals surface area contributed by atoms with Crippen molar-refractivity contribution in [2.24, 2.45) is 0 Å². The Labute approximate surface area is 179 Å². The van der Waals surface area contributed by atoms with Gasteiger partial charge in [-0.3, -0.25) is 9.59 Å². The minimum Gasteiger partial charge on any atom is -0.339 e. The van der Waals surface area contributed by atoms with E-state index in [0.29, 0.717) is 29.4 Å². The normalized spacial score (nSPS) is 10.6. The van der Waals surface area contributed by atoms with Gasteiger partial charge in [-0.2, -0.15) is 4.98 Å². The largest absolute Gasteiger partial charge is 0.339 e. The summed E-state index contributed by atoms with van der Waals surface area (Å²) >= 11 is 0. The van der Waals surface area contributed by atoms with Gasteiger partial charge in [-0.15, -0.1) is 0 Å². The van der Waals surface area contributed by atoms with E-state index in [-0.39, 0.29) is 18.1 Å². The maximum Gasteiger partial charge on any atom is 0.227 e. The van der Waals surface area contributed by atoms with Crippen molar-refractivity contribution in [2.75, 3.05) is 5.32 Å². The van der Waals surface area contributed by atoms with Gasteiger partial charge >= 0.3 is 0 Å². The van der Waals surface area contributed by atoms with E-state index >= 15 is 0 Å². The first-order chi connectivity index (χ1) is 15.1. The van der Waals surface area contributed by atoms with Crippen LogP contribution in [0.15, 0.2) is 83.4 Å². The summed E-state index contributed by atoms with van der Waals surface area (Å²) in [5.41, 5.74) is 4.24. The van der Waals surface area contributed by atoms with Crippen LogP contribution in [-0.4, -0.2) is 21.8 Å². The van der Waals surface area contributed by atoms with Crippen LogP contribution in [0, 0.1) is 0 Å². The molecule has 31 heavy (non-hydrogen) atoms. The highest BCUT2D eigenvalue weighted by Gasteiger charge is 2.12. The van der Waals surface area contributed by atoms with Crippen LogP contribution in [0.2, 0.25) is 0 Å². The Morgan fingerprint density at radius 2 is 1.58 bits per heavy atom. The van der Waals surface area contributed by atoms with Crippen molar-refractivity contribution in [2.45, 2.75) is 19.8 Å². The van der Waals surface area contributed by atoms with Crippen LogP contribution in [0.1, 0.15) is 29.6 Å². The SMILES string of the molecule is CC(=O)c1cccc(NC(=O)CCc2nc(-c3ccc(-c4ccccc4)cc3)no2)c1. The Balaban J connectivity index is 1.35. The molecule has 1 amide bonds. The Hall–Kier alpha value is -4.06. The van der Waals surface area contributed by atoms with E-state index in [1.807, 2.05) is 42.5 Å². The van der Waals surface area contributed by atoms with Gasteiger partial charge in [0.05, 0.1) is 0 Å². The molecular formula is C25H21N3O3. The molecule has 0 aliphatic heterocycles.